The molecule has 0 spiro atoms. The maximum Gasteiger partial charge on any atom is 0.260 e. The summed E-state index contributed by atoms with van der Waals surface area (Å²) in [5.74, 6) is -0.0202. The molecule has 0 radical (unpaired) electrons. The van der Waals surface area contributed by atoms with Gasteiger partial charge in [-0.1, -0.05) is 34.1 Å². The van der Waals surface area contributed by atoms with E-state index in [0.717, 1.165) is 27.0 Å². The summed E-state index contributed by atoms with van der Waals surface area (Å²) in [6.45, 7) is 0. The number of fused-ring (bicyclic) bond motifs is 1. The molecule has 1 aliphatic heterocycles. The SMILES string of the molecule is O=C1c2ccccc2[C@H](Nc2ccc(Br)cc2)N1c1cccnc1. The third-order valence-electron chi connectivity index (χ3n) is 4.03. The van der Waals surface area contributed by atoms with Crippen molar-refractivity contribution < 1.29 is 4.79 Å². The minimum atomic E-state index is -0.265. The zero-order chi connectivity index (χ0) is 16.5. The van der Waals surface area contributed by atoms with E-state index in [9.17, 15) is 4.79 Å². The van der Waals surface area contributed by atoms with Gasteiger partial charge in [0.05, 0.1) is 11.9 Å². The fourth-order valence-corrected chi connectivity index (χ4v) is 3.19. The average Bonchev–Trinajstić information content (AvgIpc) is 2.90. The van der Waals surface area contributed by atoms with Crippen LogP contribution < -0.4 is 10.2 Å². The van der Waals surface area contributed by atoms with Gasteiger partial charge in [-0.3, -0.25) is 14.7 Å². The van der Waals surface area contributed by atoms with Gasteiger partial charge in [-0.2, -0.15) is 0 Å². The first kappa shape index (κ1) is 14.9. The van der Waals surface area contributed by atoms with Crippen LogP contribution in [0.4, 0.5) is 11.4 Å². The molecule has 1 N–H and O–H groups in total. The second-order valence-electron chi connectivity index (χ2n) is 5.53. The summed E-state index contributed by atoms with van der Waals surface area (Å²) < 4.78 is 1.01. The van der Waals surface area contributed by atoms with Crippen molar-refractivity contribution in [2.24, 2.45) is 0 Å². The molecule has 3 aromatic rings. The quantitative estimate of drug-likeness (QED) is 0.722. The fourth-order valence-electron chi connectivity index (χ4n) is 2.93. The minimum absolute atomic E-state index is 0.0202. The van der Waals surface area contributed by atoms with Gasteiger partial charge in [-0.05, 0) is 42.5 Å². The van der Waals surface area contributed by atoms with Crippen LogP contribution in [0.1, 0.15) is 22.1 Å². The lowest BCUT2D eigenvalue weighted by Gasteiger charge is -2.27. The Kier molecular flexibility index (Phi) is 3.78. The Morgan fingerprint density at radius 1 is 1.00 bits per heavy atom. The largest absolute Gasteiger partial charge is 0.361 e. The maximum atomic E-state index is 12.9. The standard InChI is InChI=1S/C19H14BrN3O/c20-13-7-9-14(10-8-13)22-18-16-5-1-2-6-17(16)19(24)23(18)15-4-3-11-21-12-15/h1-12,18,22H/t18-/m1/s1. The number of hydrogen-bond acceptors (Lipinski definition) is 3. The van der Waals surface area contributed by atoms with Gasteiger partial charge in [0.2, 0.25) is 0 Å². The molecular weight excluding hydrogens is 366 g/mol. The summed E-state index contributed by atoms with van der Waals surface area (Å²) in [7, 11) is 0. The molecule has 4 nitrogen and oxygen atoms in total. The Balaban J connectivity index is 1.77. The molecule has 1 aliphatic rings. The first-order valence-corrected chi connectivity index (χ1v) is 8.38. The zero-order valence-electron chi connectivity index (χ0n) is 12.7. The summed E-state index contributed by atoms with van der Waals surface area (Å²) in [6.07, 6.45) is 3.15. The molecular formula is C19H14BrN3O. The van der Waals surface area contributed by atoms with E-state index in [1.54, 1.807) is 17.3 Å². The van der Waals surface area contributed by atoms with Crippen LogP contribution in [0.25, 0.3) is 0 Å². The molecule has 2 heterocycles. The highest BCUT2D eigenvalue weighted by molar-refractivity contribution is 9.10. The molecule has 1 aromatic heterocycles. The van der Waals surface area contributed by atoms with Gasteiger partial charge in [-0.25, -0.2) is 0 Å². The lowest BCUT2D eigenvalue weighted by Crippen LogP contribution is -2.32. The van der Waals surface area contributed by atoms with Gasteiger partial charge in [0, 0.05) is 27.5 Å². The van der Waals surface area contributed by atoms with E-state index in [4.69, 9.17) is 0 Å². The fraction of sp³-hybridized carbons (Fsp3) is 0.0526. The maximum absolute atomic E-state index is 12.9. The summed E-state index contributed by atoms with van der Waals surface area (Å²) in [5.41, 5.74) is 3.40. The van der Waals surface area contributed by atoms with Crippen LogP contribution in [0, 0.1) is 0 Å². The van der Waals surface area contributed by atoms with Crippen molar-refractivity contribution >= 4 is 33.2 Å². The number of aromatic nitrogens is 1. The van der Waals surface area contributed by atoms with Crippen molar-refractivity contribution in [1.82, 2.24) is 4.98 Å². The number of anilines is 2. The molecule has 0 fully saturated rings. The van der Waals surface area contributed by atoms with E-state index in [2.05, 4.69) is 26.2 Å². The van der Waals surface area contributed by atoms with E-state index in [1.165, 1.54) is 0 Å². The van der Waals surface area contributed by atoms with Gasteiger partial charge in [0.1, 0.15) is 6.17 Å². The van der Waals surface area contributed by atoms with Crippen LogP contribution >= 0.6 is 15.9 Å². The molecule has 2 aromatic carbocycles. The second-order valence-corrected chi connectivity index (χ2v) is 6.44. The molecule has 0 unspecified atom stereocenters. The molecule has 0 saturated heterocycles. The van der Waals surface area contributed by atoms with Gasteiger partial charge in [0.15, 0.2) is 0 Å². The van der Waals surface area contributed by atoms with Crippen LogP contribution in [-0.4, -0.2) is 10.9 Å². The molecule has 5 heteroatoms. The van der Waals surface area contributed by atoms with Crippen LogP contribution in [0.15, 0.2) is 77.5 Å². The molecule has 0 saturated carbocycles. The van der Waals surface area contributed by atoms with Crippen molar-refractivity contribution in [3.8, 4) is 0 Å². The summed E-state index contributed by atoms with van der Waals surface area (Å²) in [4.78, 5) is 18.8. The number of carbonyl (C=O) groups is 1. The summed E-state index contributed by atoms with van der Waals surface area (Å²) in [5, 5.41) is 3.46. The molecule has 1 amide bonds. The number of pyridine rings is 1. The number of amides is 1. The predicted octanol–water partition coefficient (Wildman–Crippen LogP) is 4.62. The lowest BCUT2D eigenvalue weighted by molar-refractivity contribution is 0.0993. The second kappa shape index (κ2) is 6.09. The van der Waals surface area contributed by atoms with E-state index >= 15 is 0 Å². The smallest absolute Gasteiger partial charge is 0.260 e. The van der Waals surface area contributed by atoms with E-state index in [1.807, 2.05) is 60.7 Å². The topological polar surface area (TPSA) is 45.2 Å². The van der Waals surface area contributed by atoms with Crippen molar-refractivity contribution in [3.05, 3.63) is 88.7 Å². The lowest BCUT2D eigenvalue weighted by atomic mass is 10.1. The number of rotatable bonds is 3. The highest BCUT2D eigenvalue weighted by Crippen LogP contribution is 2.37. The highest BCUT2D eigenvalue weighted by Gasteiger charge is 2.37. The minimum Gasteiger partial charge on any atom is -0.361 e. The number of hydrogen-bond donors (Lipinski definition) is 1. The van der Waals surface area contributed by atoms with Crippen molar-refractivity contribution in [1.29, 1.82) is 0 Å². The molecule has 0 aliphatic carbocycles. The average molecular weight is 380 g/mol. The predicted molar refractivity (Wildman–Crippen MR) is 98.0 cm³/mol. The Hall–Kier alpha value is -2.66. The van der Waals surface area contributed by atoms with Crippen molar-refractivity contribution in [3.63, 3.8) is 0 Å². The van der Waals surface area contributed by atoms with Crippen molar-refractivity contribution in [2.45, 2.75) is 6.17 Å². The number of carbonyl (C=O) groups excluding carboxylic acids is 1. The van der Waals surface area contributed by atoms with Gasteiger partial charge < -0.3 is 5.32 Å². The normalized spacial score (nSPS) is 16.1. The van der Waals surface area contributed by atoms with Crippen LogP contribution in [0.5, 0.6) is 0 Å². The monoisotopic (exact) mass is 379 g/mol. The van der Waals surface area contributed by atoms with Gasteiger partial charge in [0.25, 0.3) is 5.91 Å². The number of nitrogens with zero attached hydrogens (tertiary/aromatic N) is 2. The number of nitrogens with one attached hydrogen (secondary N) is 1. The zero-order valence-corrected chi connectivity index (χ0v) is 14.3. The molecule has 4 rings (SSSR count). The van der Waals surface area contributed by atoms with Crippen molar-refractivity contribution in [2.75, 3.05) is 10.2 Å². The first-order chi connectivity index (χ1) is 11.7. The Morgan fingerprint density at radius 2 is 1.79 bits per heavy atom. The highest BCUT2D eigenvalue weighted by atomic mass is 79.9. The third kappa shape index (κ3) is 2.57. The van der Waals surface area contributed by atoms with Gasteiger partial charge >= 0.3 is 0 Å². The van der Waals surface area contributed by atoms with Crippen LogP contribution in [-0.2, 0) is 0 Å². The Labute approximate surface area is 148 Å². The summed E-state index contributed by atoms with van der Waals surface area (Å²) in [6, 6.07) is 19.3. The first-order valence-electron chi connectivity index (χ1n) is 7.59. The number of halogens is 1. The van der Waals surface area contributed by atoms with Gasteiger partial charge in [-0.15, -0.1) is 0 Å². The Bertz CT molecular complexity index is 881. The van der Waals surface area contributed by atoms with Crippen LogP contribution in [0.2, 0.25) is 0 Å². The molecule has 0 bridgehead atoms. The Morgan fingerprint density at radius 3 is 2.54 bits per heavy atom. The van der Waals surface area contributed by atoms with E-state index < -0.39 is 0 Å². The number of benzene rings is 2. The molecule has 118 valence electrons. The molecule has 24 heavy (non-hydrogen) atoms. The van der Waals surface area contributed by atoms with E-state index in [-0.39, 0.29) is 12.1 Å². The van der Waals surface area contributed by atoms with E-state index in [0.29, 0.717) is 0 Å². The molecule has 1 atom stereocenters. The third-order valence-corrected chi connectivity index (χ3v) is 4.56. The summed E-state index contributed by atoms with van der Waals surface area (Å²) >= 11 is 3.44. The van der Waals surface area contributed by atoms with Crippen LogP contribution in [0.3, 0.4) is 0 Å².